The second-order valence-electron chi connectivity index (χ2n) is 3.46. The van der Waals surface area contributed by atoms with Crippen LogP contribution in [0.1, 0.15) is 25.0 Å². The average Bonchev–Trinajstić information content (AvgIpc) is 2.02. The van der Waals surface area contributed by atoms with E-state index in [-0.39, 0.29) is 0 Å². The SMILES string of the molecule is CC(C)(O)c1cccc(Cl)c1CF. The lowest BCUT2D eigenvalue weighted by atomic mass is 9.94. The maximum Gasteiger partial charge on any atom is 0.116 e. The Hall–Kier alpha value is -0.600. The van der Waals surface area contributed by atoms with Crippen LogP contribution >= 0.6 is 11.6 Å². The maximum absolute atomic E-state index is 12.6. The van der Waals surface area contributed by atoms with Crippen molar-refractivity contribution in [2.75, 3.05) is 0 Å². The quantitative estimate of drug-likeness (QED) is 0.782. The van der Waals surface area contributed by atoms with E-state index in [1.165, 1.54) is 0 Å². The number of hydrogen-bond donors (Lipinski definition) is 1. The second-order valence-corrected chi connectivity index (χ2v) is 3.87. The third-order valence-electron chi connectivity index (χ3n) is 1.91. The Morgan fingerprint density at radius 2 is 2.08 bits per heavy atom. The summed E-state index contributed by atoms with van der Waals surface area (Å²) in [5.74, 6) is 0. The fraction of sp³-hybridized carbons (Fsp3) is 0.400. The molecule has 0 atom stereocenters. The molecule has 1 rings (SSSR count). The summed E-state index contributed by atoms with van der Waals surface area (Å²) in [4.78, 5) is 0. The number of benzene rings is 1. The zero-order valence-corrected chi connectivity index (χ0v) is 8.40. The van der Waals surface area contributed by atoms with Gasteiger partial charge in [-0.25, -0.2) is 4.39 Å². The highest BCUT2D eigenvalue weighted by atomic mass is 35.5. The number of hydrogen-bond acceptors (Lipinski definition) is 1. The fourth-order valence-corrected chi connectivity index (χ4v) is 1.49. The van der Waals surface area contributed by atoms with Crippen LogP contribution in [0.3, 0.4) is 0 Å². The van der Waals surface area contributed by atoms with Gasteiger partial charge in [0.25, 0.3) is 0 Å². The van der Waals surface area contributed by atoms with E-state index in [0.717, 1.165) is 0 Å². The predicted molar refractivity (Wildman–Crippen MR) is 51.5 cm³/mol. The molecule has 0 aliphatic rings. The zero-order valence-electron chi connectivity index (χ0n) is 7.64. The van der Waals surface area contributed by atoms with Gasteiger partial charge in [-0.3, -0.25) is 0 Å². The molecular formula is C10H12ClFO. The molecule has 0 bridgehead atoms. The molecule has 0 radical (unpaired) electrons. The number of halogens is 2. The van der Waals surface area contributed by atoms with Gasteiger partial charge in [0.1, 0.15) is 6.67 Å². The molecule has 1 N–H and O–H groups in total. The van der Waals surface area contributed by atoms with Gasteiger partial charge in [-0.15, -0.1) is 0 Å². The molecule has 0 amide bonds. The van der Waals surface area contributed by atoms with E-state index in [2.05, 4.69) is 0 Å². The van der Waals surface area contributed by atoms with E-state index in [4.69, 9.17) is 11.6 Å². The van der Waals surface area contributed by atoms with Crippen molar-refractivity contribution in [1.29, 1.82) is 0 Å². The van der Waals surface area contributed by atoms with Crippen molar-refractivity contribution in [2.24, 2.45) is 0 Å². The summed E-state index contributed by atoms with van der Waals surface area (Å²) in [6, 6.07) is 5.00. The first kappa shape index (κ1) is 10.5. The van der Waals surface area contributed by atoms with Crippen LogP contribution in [0.2, 0.25) is 5.02 Å². The Kier molecular flexibility index (Phi) is 2.94. The standard InChI is InChI=1S/C10H12ClFO/c1-10(2,13)8-4-3-5-9(11)7(8)6-12/h3-5,13H,6H2,1-2H3. The van der Waals surface area contributed by atoms with E-state index >= 15 is 0 Å². The summed E-state index contributed by atoms with van der Waals surface area (Å²) in [6.45, 7) is 2.56. The predicted octanol–water partition coefficient (Wildman–Crippen LogP) is 3.04. The third-order valence-corrected chi connectivity index (χ3v) is 2.27. The minimum Gasteiger partial charge on any atom is -0.386 e. The van der Waals surface area contributed by atoms with Crippen LogP contribution in [0.25, 0.3) is 0 Å². The molecule has 0 aliphatic heterocycles. The maximum atomic E-state index is 12.6. The molecule has 0 spiro atoms. The number of rotatable bonds is 2. The third kappa shape index (κ3) is 2.20. The Bertz CT molecular complexity index is 304. The molecule has 0 saturated heterocycles. The molecule has 0 unspecified atom stereocenters. The molecule has 1 aromatic carbocycles. The van der Waals surface area contributed by atoms with Gasteiger partial charge in [0.2, 0.25) is 0 Å². The Labute approximate surface area is 82.2 Å². The van der Waals surface area contributed by atoms with Crippen LogP contribution in [-0.4, -0.2) is 5.11 Å². The van der Waals surface area contributed by atoms with Gasteiger partial charge < -0.3 is 5.11 Å². The summed E-state index contributed by atoms with van der Waals surface area (Å²) in [6.07, 6.45) is 0. The van der Waals surface area contributed by atoms with Gasteiger partial charge in [-0.2, -0.15) is 0 Å². The van der Waals surface area contributed by atoms with Gasteiger partial charge >= 0.3 is 0 Å². The highest BCUT2D eigenvalue weighted by molar-refractivity contribution is 6.31. The molecule has 1 nitrogen and oxygen atoms in total. The molecule has 1 aromatic rings. The van der Waals surface area contributed by atoms with Crippen LogP contribution < -0.4 is 0 Å². The molecule has 0 aliphatic carbocycles. The van der Waals surface area contributed by atoms with Crippen molar-refractivity contribution in [3.05, 3.63) is 34.3 Å². The van der Waals surface area contributed by atoms with E-state index < -0.39 is 12.3 Å². The summed E-state index contributed by atoms with van der Waals surface area (Å²) < 4.78 is 12.6. The Morgan fingerprint density at radius 1 is 1.46 bits per heavy atom. The first-order valence-corrected chi connectivity index (χ1v) is 4.41. The largest absolute Gasteiger partial charge is 0.386 e. The lowest BCUT2D eigenvalue weighted by Crippen LogP contribution is -2.17. The highest BCUT2D eigenvalue weighted by Crippen LogP contribution is 2.29. The van der Waals surface area contributed by atoms with Gasteiger partial charge in [0.15, 0.2) is 0 Å². The molecule has 0 heterocycles. The van der Waals surface area contributed by atoms with Crippen molar-refractivity contribution in [2.45, 2.75) is 26.1 Å². The van der Waals surface area contributed by atoms with E-state index in [1.54, 1.807) is 32.0 Å². The van der Waals surface area contributed by atoms with Crippen LogP contribution in [0.15, 0.2) is 18.2 Å². The van der Waals surface area contributed by atoms with Crippen LogP contribution in [-0.2, 0) is 12.3 Å². The lowest BCUT2D eigenvalue weighted by molar-refractivity contribution is 0.0770. The van der Waals surface area contributed by atoms with Crippen LogP contribution in [0.5, 0.6) is 0 Å². The van der Waals surface area contributed by atoms with Crippen molar-refractivity contribution in [1.82, 2.24) is 0 Å². The lowest BCUT2D eigenvalue weighted by Gasteiger charge is -2.21. The van der Waals surface area contributed by atoms with Gasteiger partial charge in [0.05, 0.1) is 5.60 Å². The van der Waals surface area contributed by atoms with Gasteiger partial charge in [-0.05, 0) is 25.5 Å². The summed E-state index contributed by atoms with van der Waals surface area (Å²) in [5.41, 5.74) is -0.133. The first-order valence-electron chi connectivity index (χ1n) is 4.03. The van der Waals surface area contributed by atoms with Crippen molar-refractivity contribution in [3.8, 4) is 0 Å². The normalized spacial score (nSPS) is 11.8. The van der Waals surface area contributed by atoms with Crippen molar-refractivity contribution in [3.63, 3.8) is 0 Å². The highest BCUT2D eigenvalue weighted by Gasteiger charge is 2.20. The summed E-state index contributed by atoms with van der Waals surface area (Å²) >= 11 is 5.78. The molecular weight excluding hydrogens is 191 g/mol. The smallest absolute Gasteiger partial charge is 0.116 e. The fourth-order valence-electron chi connectivity index (χ4n) is 1.27. The van der Waals surface area contributed by atoms with Crippen LogP contribution in [0.4, 0.5) is 4.39 Å². The molecule has 0 saturated carbocycles. The topological polar surface area (TPSA) is 20.2 Å². The Morgan fingerprint density at radius 3 is 2.46 bits per heavy atom. The van der Waals surface area contributed by atoms with E-state index in [1.807, 2.05) is 0 Å². The second kappa shape index (κ2) is 3.64. The molecule has 0 aromatic heterocycles. The van der Waals surface area contributed by atoms with Crippen molar-refractivity contribution < 1.29 is 9.50 Å². The van der Waals surface area contributed by atoms with Gasteiger partial charge in [0, 0.05) is 10.6 Å². The van der Waals surface area contributed by atoms with Crippen molar-refractivity contribution >= 4 is 11.6 Å². The van der Waals surface area contributed by atoms with Crippen LogP contribution in [0, 0.1) is 0 Å². The first-order chi connectivity index (χ1) is 5.96. The van der Waals surface area contributed by atoms with Gasteiger partial charge in [-0.1, -0.05) is 23.7 Å². The van der Waals surface area contributed by atoms with E-state index in [0.29, 0.717) is 16.1 Å². The Balaban J connectivity index is 3.29. The molecule has 0 fully saturated rings. The zero-order chi connectivity index (χ0) is 10.1. The summed E-state index contributed by atoms with van der Waals surface area (Å²) in [5, 5.41) is 10.1. The minimum atomic E-state index is -1.05. The minimum absolute atomic E-state index is 0.363. The molecule has 13 heavy (non-hydrogen) atoms. The monoisotopic (exact) mass is 202 g/mol. The van der Waals surface area contributed by atoms with E-state index in [9.17, 15) is 9.50 Å². The average molecular weight is 203 g/mol. The summed E-state index contributed by atoms with van der Waals surface area (Å²) in [7, 11) is 0. The number of aliphatic hydroxyl groups is 1. The number of alkyl halides is 1. The molecule has 72 valence electrons. The molecule has 3 heteroatoms.